The van der Waals surface area contributed by atoms with Crippen LogP contribution in [0.1, 0.15) is 19.3 Å². The van der Waals surface area contributed by atoms with Crippen LogP contribution >= 0.6 is 0 Å². The predicted molar refractivity (Wildman–Crippen MR) is 31.7 cm³/mol. The zero-order valence-corrected chi connectivity index (χ0v) is 5.11. The summed E-state index contributed by atoms with van der Waals surface area (Å²) in [6.45, 7) is 0. The summed E-state index contributed by atoms with van der Waals surface area (Å²) in [5, 5.41) is 2.96. The molecule has 1 aliphatic carbocycles. The molecule has 1 N–H and O–H groups in total. The first-order valence-corrected chi connectivity index (χ1v) is 3.04. The first-order valence-electron chi connectivity index (χ1n) is 3.04. The molecule has 0 unspecified atom stereocenters. The third-order valence-corrected chi connectivity index (χ3v) is 1.65. The van der Waals surface area contributed by atoms with E-state index in [0.29, 0.717) is 5.78 Å². The van der Waals surface area contributed by atoms with E-state index in [9.17, 15) is 4.79 Å². The SMILES string of the molecule is CN[C@H]1CCCC1=O. The quantitative estimate of drug-likeness (QED) is 0.531. The topological polar surface area (TPSA) is 29.1 Å². The highest BCUT2D eigenvalue weighted by atomic mass is 16.1. The monoisotopic (exact) mass is 113 g/mol. The number of nitrogens with one attached hydrogen (secondary N) is 1. The van der Waals surface area contributed by atoms with Gasteiger partial charge in [0.15, 0.2) is 0 Å². The lowest BCUT2D eigenvalue weighted by molar-refractivity contribution is -0.118. The van der Waals surface area contributed by atoms with E-state index in [1.807, 2.05) is 7.05 Å². The first-order chi connectivity index (χ1) is 3.84. The van der Waals surface area contributed by atoms with Crippen LogP contribution in [0.4, 0.5) is 0 Å². The Labute approximate surface area is 49.3 Å². The minimum atomic E-state index is 0.176. The third-order valence-electron chi connectivity index (χ3n) is 1.65. The third kappa shape index (κ3) is 0.892. The smallest absolute Gasteiger partial charge is 0.149 e. The fourth-order valence-corrected chi connectivity index (χ4v) is 1.12. The number of rotatable bonds is 1. The molecule has 0 heterocycles. The number of Topliss-reactive ketones (excluding diaryl/α,β-unsaturated/α-hetero) is 1. The minimum absolute atomic E-state index is 0.176. The molecule has 0 aromatic carbocycles. The van der Waals surface area contributed by atoms with Gasteiger partial charge in [0.25, 0.3) is 0 Å². The largest absolute Gasteiger partial charge is 0.311 e. The van der Waals surface area contributed by atoms with Crippen molar-refractivity contribution in [2.75, 3.05) is 7.05 Å². The maximum absolute atomic E-state index is 10.7. The summed E-state index contributed by atoms with van der Waals surface area (Å²) in [4.78, 5) is 10.7. The van der Waals surface area contributed by atoms with Crippen LogP contribution in [0, 0.1) is 0 Å². The van der Waals surface area contributed by atoms with Gasteiger partial charge in [-0.05, 0) is 19.9 Å². The predicted octanol–water partition coefficient (Wildman–Crippen LogP) is 0.327. The summed E-state index contributed by atoms with van der Waals surface area (Å²) >= 11 is 0. The van der Waals surface area contributed by atoms with Crippen molar-refractivity contribution in [3.8, 4) is 0 Å². The highest BCUT2D eigenvalue weighted by Gasteiger charge is 2.21. The van der Waals surface area contributed by atoms with E-state index in [2.05, 4.69) is 5.32 Å². The van der Waals surface area contributed by atoms with Gasteiger partial charge in [0.1, 0.15) is 5.78 Å². The van der Waals surface area contributed by atoms with Crippen molar-refractivity contribution in [3.63, 3.8) is 0 Å². The summed E-state index contributed by atoms with van der Waals surface area (Å²) in [7, 11) is 1.84. The Balaban J connectivity index is 2.42. The first kappa shape index (κ1) is 5.76. The maximum atomic E-state index is 10.7. The molecular formula is C6H11NO. The molecule has 1 atom stereocenters. The number of hydrogen-bond donors (Lipinski definition) is 1. The molecule has 2 heteroatoms. The summed E-state index contributed by atoms with van der Waals surface area (Å²) in [5.41, 5.74) is 0. The van der Waals surface area contributed by atoms with Crippen molar-refractivity contribution < 1.29 is 4.79 Å². The van der Waals surface area contributed by atoms with Gasteiger partial charge in [-0.25, -0.2) is 0 Å². The Morgan fingerprint density at radius 1 is 1.75 bits per heavy atom. The van der Waals surface area contributed by atoms with Gasteiger partial charge in [0.05, 0.1) is 6.04 Å². The van der Waals surface area contributed by atoms with E-state index in [1.54, 1.807) is 0 Å². The van der Waals surface area contributed by atoms with Crippen molar-refractivity contribution in [1.82, 2.24) is 5.32 Å². The van der Waals surface area contributed by atoms with Crippen LogP contribution in [0.2, 0.25) is 0 Å². The molecule has 0 bridgehead atoms. The lowest BCUT2D eigenvalue weighted by Gasteiger charge is -2.02. The highest BCUT2D eigenvalue weighted by molar-refractivity contribution is 5.85. The fourth-order valence-electron chi connectivity index (χ4n) is 1.12. The van der Waals surface area contributed by atoms with Crippen LogP contribution in [0.15, 0.2) is 0 Å². The molecule has 2 nitrogen and oxygen atoms in total. The summed E-state index contributed by atoms with van der Waals surface area (Å²) in [6.07, 6.45) is 2.89. The number of carbonyl (C=O) groups is 1. The minimum Gasteiger partial charge on any atom is -0.311 e. The van der Waals surface area contributed by atoms with E-state index >= 15 is 0 Å². The van der Waals surface area contributed by atoms with Gasteiger partial charge >= 0.3 is 0 Å². The average molecular weight is 113 g/mol. The second-order valence-electron chi connectivity index (χ2n) is 2.20. The number of hydrogen-bond acceptors (Lipinski definition) is 2. The molecule has 8 heavy (non-hydrogen) atoms. The van der Waals surface area contributed by atoms with Gasteiger partial charge in [0.2, 0.25) is 0 Å². The molecule has 0 aromatic heterocycles. The molecule has 0 spiro atoms. The summed E-state index contributed by atoms with van der Waals surface area (Å²) < 4.78 is 0. The van der Waals surface area contributed by atoms with E-state index < -0.39 is 0 Å². The van der Waals surface area contributed by atoms with Crippen LogP contribution < -0.4 is 5.32 Å². The molecule has 1 saturated carbocycles. The van der Waals surface area contributed by atoms with Crippen molar-refractivity contribution >= 4 is 5.78 Å². The summed E-state index contributed by atoms with van der Waals surface area (Å²) in [6, 6.07) is 0.176. The van der Waals surface area contributed by atoms with Gasteiger partial charge < -0.3 is 5.32 Å². The van der Waals surface area contributed by atoms with E-state index in [4.69, 9.17) is 0 Å². The second-order valence-corrected chi connectivity index (χ2v) is 2.20. The van der Waals surface area contributed by atoms with Crippen molar-refractivity contribution in [3.05, 3.63) is 0 Å². The molecule has 0 saturated heterocycles. The van der Waals surface area contributed by atoms with Crippen molar-refractivity contribution in [2.24, 2.45) is 0 Å². The van der Waals surface area contributed by atoms with Gasteiger partial charge in [0, 0.05) is 6.42 Å². The molecule has 0 amide bonds. The average Bonchev–Trinajstić information content (AvgIpc) is 2.14. The molecule has 1 fully saturated rings. The maximum Gasteiger partial charge on any atom is 0.149 e. The number of carbonyl (C=O) groups excluding carboxylic acids is 1. The standard InChI is InChI=1S/C6H11NO/c1-7-5-3-2-4-6(5)8/h5,7H,2-4H2,1H3/t5-/m0/s1. The lowest BCUT2D eigenvalue weighted by atomic mass is 10.2. The Hall–Kier alpha value is -0.370. The number of ketones is 1. The van der Waals surface area contributed by atoms with Crippen molar-refractivity contribution in [1.29, 1.82) is 0 Å². The van der Waals surface area contributed by atoms with Crippen LogP contribution in [0.5, 0.6) is 0 Å². The molecular weight excluding hydrogens is 102 g/mol. The van der Waals surface area contributed by atoms with Crippen molar-refractivity contribution in [2.45, 2.75) is 25.3 Å². The molecule has 1 aliphatic rings. The normalized spacial score (nSPS) is 29.1. The molecule has 1 rings (SSSR count). The van der Waals surface area contributed by atoms with Crippen LogP contribution in [0.25, 0.3) is 0 Å². The van der Waals surface area contributed by atoms with Gasteiger partial charge in [-0.1, -0.05) is 0 Å². The Morgan fingerprint density at radius 2 is 2.50 bits per heavy atom. The van der Waals surface area contributed by atoms with Crippen LogP contribution in [-0.2, 0) is 4.79 Å². The van der Waals surface area contributed by atoms with E-state index in [0.717, 1.165) is 19.3 Å². The van der Waals surface area contributed by atoms with E-state index in [-0.39, 0.29) is 6.04 Å². The lowest BCUT2D eigenvalue weighted by Crippen LogP contribution is -2.28. The highest BCUT2D eigenvalue weighted by Crippen LogP contribution is 2.12. The van der Waals surface area contributed by atoms with Crippen LogP contribution in [-0.4, -0.2) is 18.9 Å². The molecule has 0 aliphatic heterocycles. The fraction of sp³-hybridized carbons (Fsp3) is 0.833. The molecule has 46 valence electrons. The van der Waals surface area contributed by atoms with Gasteiger partial charge in [-0.15, -0.1) is 0 Å². The molecule has 0 aromatic rings. The van der Waals surface area contributed by atoms with Crippen LogP contribution in [0.3, 0.4) is 0 Å². The zero-order chi connectivity index (χ0) is 5.98. The second kappa shape index (κ2) is 2.27. The zero-order valence-electron chi connectivity index (χ0n) is 5.11. The van der Waals surface area contributed by atoms with Gasteiger partial charge in [-0.3, -0.25) is 4.79 Å². The Bertz CT molecular complexity index is 101. The number of likely N-dealkylation sites (N-methyl/N-ethyl adjacent to an activating group) is 1. The summed E-state index contributed by atoms with van der Waals surface area (Å²) in [5.74, 6) is 0.382. The van der Waals surface area contributed by atoms with Gasteiger partial charge in [-0.2, -0.15) is 0 Å². The van der Waals surface area contributed by atoms with E-state index in [1.165, 1.54) is 0 Å². The Kier molecular flexibility index (Phi) is 1.63. The Morgan fingerprint density at radius 3 is 2.75 bits per heavy atom. The molecule has 0 radical (unpaired) electrons.